The Morgan fingerprint density at radius 3 is 2.62 bits per heavy atom. The lowest BCUT2D eigenvalue weighted by Crippen LogP contribution is -2.21. The third kappa shape index (κ3) is 3.33. The first-order valence-electron chi connectivity index (χ1n) is 8.86. The van der Waals surface area contributed by atoms with Gasteiger partial charge >= 0.3 is 0 Å². The fourth-order valence-corrected chi connectivity index (χ4v) is 3.50. The van der Waals surface area contributed by atoms with Crippen molar-refractivity contribution >= 4 is 22.5 Å². The van der Waals surface area contributed by atoms with E-state index >= 15 is 0 Å². The van der Waals surface area contributed by atoms with Crippen molar-refractivity contribution in [2.75, 3.05) is 11.9 Å². The normalized spacial score (nSPS) is 13.2. The molecule has 5 nitrogen and oxygen atoms in total. The molecular weight excluding hydrogens is 328 g/mol. The molecule has 1 amide bonds. The zero-order valence-corrected chi connectivity index (χ0v) is 14.4. The summed E-state index contributed by atoms with van der Waals surface area (Å²) in [5.74, 6) is 0.408. The van der Waals surface area contributed by atoms with E-state index in [9.17, 15) is 9.59 Å². The number of carbonyl (C=O) groups is 1. The zero-order valence-electron chi connectivity index (χ0n) is 14.4. The molecule has 26 heavy (non-hydrogen) atoms. The van der Waals surface area contributed by atoms with Gasteiger partial charge in [0, 0.05) is 16.6 Å². The zero-order chi connectivity index (χ0) is 17.9. The van der Waals surface area contributed by atoms with Gasteiger partial charge < -0.3 is 15.0 Å². The van der Waals surface area contributed by atoms with E-state index in [2.05, 4.69) is 10.3 Å². The standard InChI is InChI=1S/C21H20N2O3/c24-20(13-26-15-6-2-1-3-7-15)22-14-10-11-17-16-8-4-5-9-18(16)21(25)23-19(17)12-14/h1-3,6-7,10-12H,4-5,8-9,13H2,(H,22,24)(H,23,25). The second kappa shape index (κ2) is 7.04. The summed E-state index contributed by atoms with van der Waals surface area (Å²) in [4.78, 5) is 27.4. The molecule has 4 rings (SSSR count). The summed E-state index contributed by atoms with van der Waals surface area (Å²) >= 11 is 0. The van der Waals surface area contributed by atoms with Crippen LogP contribution in [0.25, 0.3) is 10.9 Å². The van der Waals surface area contributed by atoms with Crippen molar-refractivity contribution in [2.24, 2.45) is 0 Å². The van der Waals surface area contributed by atoms with E-state index in [4.69, 9.17) is 4.74 Å². The van der Waals surface area contributed by atoms with Crippen LogP contribution in [-0.2, 0) is 17.6 Å². The van der Waals surface area contributed by atoms with E-state index in [1.807, 2.05) is 36.4 Å². The summed E-state index contributed by atoms with van der Waals surface area (Å²) in [7, 11) is 0. The number of hydrogen-bond acceptors (Lipinski definition) is 3. The second-order valence-corrected chi connectivity index (χ2v) is 6.53. The smallest absolute Gasteiger partial charge is 0.262 e. The first-order chi connectivity index (χ1) is 12.7. The van der Waals surface area contributed by atoms with Gasteiger partial charge in [-0.3, -0.25) is 9.59 Å². The number of para-hydroxylation sites is 1. The number of fused-ring (bicyclic) bond motifs is 3. The number of carbonyl (C=O) groups excluding carboxylic acids is 1. The number of rotatable bonds is 4. The van der Waals surface area contributed by atoms with Crippen molar-refractivity contribution in [3.8, 4) is 5.75 Å². The number of hydrogen-bond donors (Lipinski definition) is 2. The Balaban J connectivity index is 1.52. The number of amides is 1. The van der Waals surface area contributed by atoms with Crippen LogP contribution in [0.1, 0.15) is 24.0 Å². The number of pyridine rings is 1. The highest BCUT2D eigenvalue weighted by Crippen LogP contribution is 2.27. The molecule has 0 spiro atoms. The van der Waals surface area contributed by atoms with Gasteiger partial charge in [-0.15, -0.1) is 0 Å². The van der Waals surface area contributed by atoms with Crippen molar-refractivity contribution in [1.82, 2.24) is 4.98 Å². The average molecular weight is 348 g/mol. The van der Waals surface area contributed by atoms with Gasteiger partial charge in [0.2, 0.25) is 0 Å². The Bertz CT molecular complexity index is 1010. The van der Waals surface area contributed by atoms with E-state index in [0.717, 1.165) is 47.7 Å². The van der Waals surface area contributed by atoms with Crippen molar-refractivity contribution in [3.05, 3.63) is 70.0 Å². The second-order valence-electron chi connectivity index (χ2n) is 6.53. The molecule has 0 atom stereocenters. The van der Waals surface area contributed by atoms with Crippen LogP contribution in [0.2, 0.25) is 0 Å². The van der Waals surface area contributed by atoms with Crippen molar-refractivity contribution in [2.45, 2.75) is 25.7 Å². The highest BCUT2D eigenvalue weighted by atomic mass is 16.5. The molecule has 0 saturated heterocycles. The van der Waals surface area contributed by atoms with Crippen molar-refractivity contribution in [3.63, 3.8) is 0 Å². The van der Waals surface area contributed by atoms with Crippen LogP contribution in [0, 0.1) is 0 Å². The molecular formula is C21H20N2O3. The molecule has 3 aromatic rings. The maximum Gasteiger partial charge on any atom is 0.262 e. The third-order valence-electron chi connectivity index (χ3n) is 4.73. The Hall–Kier alpha value is -3.08. The molecule has 0 unspecified atom stereocenters. The van der Waals surface area contributed by atoms with Crippen LogP contribution < -0.4 is 15.6 Å². The lowest BCUT2D eigenvalue weighted by atomic mass is 9.90. The highest BCUT2D eigenvalue weighted by Gasteiger charge is 2.16. The fraction of sp³-hybridized carbons (Fsp3) is 0.238. The number of anilines is 1. The van der Waals surface area contributed by atoms with Crippen LogP contribution >= 0.6 is 0 Å². The van der Waals surface area contributed by atoms with Gasteiger partial charge in [0.25, 0.3) is 11.5 Å². The molecule has 1 aliphatic rings. The molecule has 2 N–H and O–H groups in total. The van der Waals surface area contributed by atoms with Gasteiger partial charge in [-0.25, -0.2) is 0 Å². The van der Waals surface area contributed by atoms with Gasteiger partial charge in [0.05, 0.1) is 5.52 Å². The van der Waals surface area contributed by atoms with Gasteiger partial charge in [0.15, 0.2) is 6.61 Å². The molecule has 0 bridgehead atoms. The summed E-state index contributed by atoms with van der Waals surface area (Å²) in [6, 6.07) is 14.9. The van der Waals surface area contributed by atoms with Crippen molar-refractivity contribution < 1.29 is 9.53 Å². The number of ether oxygens (including phenoxy) is 1. The van der Waals surface area contributed by atoms with E-state index in [0.29, 0.717) is 11.4 Å². The number of aromatic nitrogens is 1. The minimum atomic E-state index is -0.242. The summed E-state index contributed by atoms with van der Waals surface area (Å²) < 4.78 is 5.45. The van der Waals surface area contributed by atoms with E-state index < -0.39 is 0 Å². The summed E-state index contributed by atoms with van der Waals surface area (Å²) in [5.41, 5.74) is 3.46. The first kappa shape index (κ1) is 16.4. The fourth-order valence-electron chi connectivity index (χ4n) is 3.50. The van der Waals surface area contributed by atoms with Gasteiger partial charge in [-0.05, 0) is 55.5 Å². The maximum atomic E-state index is 12.3. The minimum Gasteiger partial charge on any atom is -0.484 e. The van der Waals surface area contributed by atoms with Crippen LogP contribution in [0.4, 0.5) is 5.69 Å². The number of H-pyrrole nitrogens is 1. The summed E-state index contributed by atoms with van der Waals surface area (Å²) in [5, 5.41) is 3.89. The highest BCUT2D eigenvalue weighted by molar-refractivity contribution is 5.95. The SMILES string of the molecule is O=C(COc1ccccc1)Nc1ccc2c3c(c(=O)[nH]c2c1)CCCC3. The molecule has 5 heteroatoms. The van der Waals surface area contributed by atoms with E-state index in [1.165, 1.54) is 0 Å². The third-order valence-corrected chi connectivity index (χ3v) is 4.73. The number of aryl methyl sites for hydroxylation is 1. The summed E-state index contributed by atoms with van der Waals surface area (Å²) in [6.07, 6.45) is 3.96. The van der Waals surface area contributed by atoms with Crippen molar-refractivity contribution in [1.29, 1.82) is 0 Å². The Labute approximate surface area is 151 Å². The molecule has 1 heterocycles. The first-order valence-corrected chi connectivity index (χ1v) is 8.86. The Morgan fingerprint density at radius 2 is 1.81 bits per heavy atom. The van der Waals surface area contributed by atoms with Crippen LogP contribution in [-0.4, -0.2) is 17.5 Å². The number of nitrogens with one attached hydrogen (secondary N) is 2. The average Bonchev–Trinajstić information content (AvgIpc) is 2.67. The minimum absolute atomic E-state index is 0.0110. The molecule has 0 aliphatic heterocycles. The molecule has 0 saturated carbocycles. The number of benzene rings is 2. The quantitative estimate of drug-likeness (QED) is 0.759. The van der Waals surface area contributed by atoms with Gasteiger partial charge in [0.1, 0.15) is 5.75 Å². The van der Waals surface area contributed by atoms with E-state index in [1.54, 1.807) is 12.1 Å². The lowest BCUT2D eigenvalue weighted by Gasteiger charge is -2.17. The van der Waals surface area contributed by atoms with E-state index in [-0.39, 0.29) is 18.1 Å². The molecule has 132 valence electrons. The van der Waals surface area contributed by atoms with Crippen LogP contribution in [0.5, 0.6) is 5.75 Å². The van der Waals surface area contributed by atoms with Gasteiger partial charge in [-0.1, -0.05) is 24.3 Å². The molecule has 0 fully saturated rings. The Morgan fingerprint density at radius 1 is 1.04 bits per heavy atom. The van der Waals surface area contributed by atoms with Crippen LogP contribution in [0.3, 0.4) is 0 Å². The largest absolute Gasteiger partial charge is 0.484 e. The predicted octanol–water partition coefficient (Wildman–Crippen LogP) is 3.42. The maximum absolute atomic E-state index is 12.3. The number of aromatic amines is 1. The van der Waals surface area contributed by atoms with Crippen LogP contribution in [0.15, 0.2) is 53.3 Å². The lowest BCUT2D eigenvalue weighted by molar-refractivity contribution is -0.118. The molecule has 1 aliphatic carbocycles. The molecule has 1 aromatic heterocycles. The topological polar surface area (TPSA) is 71.2 Å². The molecule has 2 aromatic carbocycles. The monoisotopic (exact) mass is 348 g/mol. The van der Waals surface area contributed by atoms with Gasteiger partial charge in [-0.2, -0.15) is 0 Å². The predicted molar refractivity (Wildman–Crippen MR) is 102 cm³/mol. The Kier molecular flexibility index (Phi) is 4.44. The summed E-state index contributed by atoms with van der Waals surface area (Å²) in [6.45, 7) is -0.0667. The molecule has 0 radical (unpaired) electrons.